The van der Waals surface area contributed by atoms with E-state index in [-0.39, 0.29) is 103 Å². The van der Waals surface area contributed by atoms with Gasteiger partial charge in [0, 0.05) is 43.1 Å². The minimum Gasteiger partial charge on any atom is -0.459 e. The van der Waals surface area contributed by atoms with E-state index < -0.39 is 69.0 Å². The third kappa shape index (κ3) is 9.04. The minimum absolute atomic E-state index is 0.0298. The molecule has 9 aromatic rings. The largest absolute Gasteiger partial charge is 0.459 e. The molecule has 0 N–H and O–H groups in total. The van der Waals surface area contributed by atoms with Gasteiger partial charge in [0.05, 0.1) is 52.2 Å². The lowest BCUT2D eigenvalue weighted by atomic mass is 9.76. The summed E-state index contributed by atoms with van der Waals surface area (Å²) in [5.41, 5.74) is -5.74. The van der Waals surface area contributed by atoms with Gasteiger partial charge in [0.2, 0.25) is 10.8 Å². The molecule has 19 heteroatoms. The predicted molar refractivity (Wildman–Crippen MR) is 325 cm³/mol. The molecule has 4 aliphatic carbocycles. The quantitative estimate of drug-likeness (QED) is 0.0322. The maximum absolute atomic E-state index is 15.8. The molecule has 0 radical (unpaired) electrons. The summed E-state index contributed by atoms with van der Waals surface area (Å²) in [6, 6.07) is 46.6. The number of carbonyl (C=O) groups excluding carboxylic acids is 8. The van der Waals surface area contributed by atoms with E-state index >= 15 is 19.2 Å². The number of esters is 4. The number of benzene rings is 6. The second-order valence-electron chi connectivity index (χ2n) is 20.8. The molecule has 0 bridgehead atoms. The van der Waals surface area contributed by atoms with Gasteiger partial charge in [-0.25, -0.2) is 0 Å². The van der Waals surface area contributed by atoms with Crippen molar-refractivity contribution in [3.05, 3.63) is 268 Å². The summed E-state index contributed by atoms with van der Waals surface area (Å²) in [7, 11) is 0. The number of ketones is 4. The highest BCUT2D eigenvalue weighted by molar-refractivity contribution is 7.39. The number of rotatable bonds is 14. The van der Waals surface area contributed by atoms with Gasteiger partial charge in [-0.15, -0.1) is 34.0 Å². The number of nitrogens with zero attached hydrogens (tertiary/aromatic N) is 4. The molecule has 0 spiro atoms. The lowest BCUT2D eigenvalue weighted by molar-refractivity contribution is -0.166. The van der Waals surface area contributed by atoms with Gasteiger partial charge in [0.15, 0.2) is 23.1 Å². The number of Topliss-reactive ketones (excluding diaryl/α,β-unsaturated/α-hetero) is 4. The van der Waals surface area contributed by atoms with Crippen LogP contribution in [0.15, 0.2) is 180 Å². The van der Waals surface area contributed by atoms with Gasteiger partial charge < -0.3 is 18.9 Å². The molecule has 0 amide bonds. The number of carbonyl (C=O) groups is 8. The van der Waals surface area contributed by atoms with E-state index in [4.69, 9.17) is 18.9 Å². The molecule has 0 aliphatic heterocycles. The number of fused-ring (bicyclic) bond motifs is 9. The van der Waals surface area contributed by atoms with E-state index in [0.717, 1.165) is 70.4 Å². The average molecular weight is 1220 g/mol. The second-order valence-corrected chi connectivity index (χ2v) is 23.9. The zero-order valence-corrected chi connectivity index (χ0v) is 48.4. The molecule has 13 rings (SSSR count). The van der Waals surface area contributed by atoms with Gasteiger partial charge in [-0.2, -0.15) is 21.0 Å². The van der Waals surface area contributed by atoms with Crippen LogP contribution in [-0.2, 0) is 75.4 Å². The lowest BCUT2D eigenvalue weighted by Crippen LogP contribution is -2.46. The van der Waals surface area contributed by atoms with Crippen molar-refractivity contribution >= 4 is 112 Å². The van der Waals surface area contributed by atoms with Gasteiger partial charge in [-0.1, -0.05) is 121 Å². The van der Waals surface area contributed by atoms with E-state index in [1.165, 1.54) is 12.2 Å². The molecular formula is C70H36N4O12S3. The Morgan fingerprint density at radius 1 is 0.382 bits per heavy atom. The van der Waals surface area contributed by atoms with Crippen molar-refractivity contribution in [3.8, 4) is 24.3 Å². The van der Waals surface area contributed by atoms with Gasteiger partial charge >= 0.3 is 23.9 Å². The lowest BCUT2D eigenvalue weighted by Gasteiger charge is -2.28. The monoisotopic (exact) mass is 1220 g/mol. The Labute approximate surface area is 516 Å². The smallest absolute Gasteiger partial charge is 0.333 e. The van der Waals surface area contributed by atoms with Crippen LogP contribution in [0.4, 0.5) is 0 Å². The van der Waals surface area contributed by atoms with Crippen molar-refractivity contribution in [1.82, 2.24) is 0 Å². The van der Waals surface area contributed by atoms with Crippen molar-refractivity contribution in [3.63, 3.8) is 0 Å². The first-order valence-electron chi connectivity index (χ1n) is 27.1. The van der Waals surface area contributed by atoms with Gasteiger partial charge in [0.1, 0.15) is 50.7 Å². The molecule has 3 heterocycles. The molecular weight excluding hydrogens is 1180 g/mol. The fraction of sp³-hybridized carbons (Fsp3) is 0.0857. The Hall–Kier alpha value is -11.6. The molecule has 0 saturated carbocycles. The van der Waals surface area contributed by atoms with Gasteiger partial charge in [-0.05, 0) is 82.0 Å². The number of hydrogen-bond acceptors (Lipinski definition) is 19. The van der Waals surface area contributed by atoms with Crippen LogP contribution in [0.2, 0.25) is 0 Å². The zero-order valence-electron chi connectivity index (χ0n) is 45.9. The first-order valence-corrected chi connectivity index (χ1v) is 29.6. The highest BCUT2D eigenvalue weighted by Gasteiger charge is 2.62. The Bertz CT molecular complexity index is 4470. The second kappa shape index (κ2) is 22.4. The highest BCUT2D eigenvalue weighted by Crippen LogP contribution is 2.61. The zero-order chi connectivity index (χ0) is 61.9. The van der Waals surface area contributed by atoms with Crippen LogP contribution < -0.4 is 0 Å². The average Bonchev–Trinajstić information content (AvgIpc) is 1.52. The van der Waals surface area contributed by atoms with Crippen LogP contribution in [0.1, 0.15) is 107 Å². The Kier molecular flexibility index (Phi) is 14.2. The fourth-order valence-corrected chi connectivity index (χ4v) is 16.2. The van der Waals surface area contributed by atoms with E-state index in [1.54, 1.807) is 121 Å². The first-order chi connectivity index (χ1) is 43.2. The van der Waals surface area contributed by atoms with E-state index in [9.17, 15) is 40.2 Å². The Morgan fingerprint density at radius 3 is 0.888 bits per heavy atom. The number of ether oxygens (including phenoxy) is 4. The summed E-state index contributed by atoms with van der Waals surface area (Å²) in [4.78, 5) is 122. The van der Waals surface area contributed by atoms with Gasteiger partial charge in [0.25, 0.3) is 0 Å². The van der Waals surface area contributed by atoms with Crippen LogP contribution in [-0.4, -0.2) is 47.0 Å². The van der Waals surface area contributed by atoms with E-state index in [1.807, 2.05) is 24.3 Å². The molecule has 426 valence electrons. The van der Waals surface area contributed by atoms with Crippen LogP contribution in [0.5, 0.6) is 0 Å². The fourth-order valence-electron chi connectivity index (χ4n) is 11.5. The predicted octanol–water partition coefficient (Wildman–Crippen LogP) is 11.9. The van der Waals surface area contributed by atoms with E-state index in [0.29, 0.717) is 41.4 Å². The van der Waals surface area contributed by atoms with Crippen LogP contribution in [0.3, 0.4) is 0 Å². The topological polar surface area (TPSA) is 269 Å². The number of hydrogen-bond donors (Lipinski definition) is 0. The van der Waals surface area contributed by atoms with Crippen molar-refractivity contribution in [2.75, 3.05) is 0 Å². The molecule has 3 aromatic heterocycles. The maximum atomic E-state index is 15.8. The molecule has 0 unspecified atom stereocenters. The summed E-state index contributed by atoms with van der Waals surface area (Å²) in [5.74, 6) is -8.03. The molecule has 0 fully saturated rings. The minimum atomic E-state index is -2.63. The SMILES string of the molecule is N#Cc1cc2c(cc1C#N)C(=O)C(=CC1=Cc3sc4c(sc5c6c(sc54)C=C(C=C4C(=O)c5cc(C#N)c(C#N)cc5C4=O)C6(C(=O)OCc4ccccc4)C(=O)OCc4ccccc4)c3C1(C(=O)OCc1ccccc1)C(=O)OCc1ccccc1)C2=O. The summed E-state index contributed by atoms with van der Waals surface area (Å²) >= 11 is 3.24. The number of thiophene rings is 3. The molecule has 0 saturated heterocycles. The first kappa shape index (κ1) is 56.5. The standard InChI is InChI=1S/C70H36N4O12S3/c71-29-41-21-47-48(22-42(41)30-72)58(76)51(57(47)75)25-45-27-53-55(69(45,65(79)83-33-37-13-5-1-6-14-37)66(80)84-34-38-15-7-2-8-16-38)61-63(87-53)64-62(89-61)56-54(88-64)28-46(26-52-59(77)49-23-43(31-73)44(32-74)24-50(49)60(52)78)70(56,67(81)85-35-39-17-9-3-10-18-39)68(82)86-36-40-19-11-4-12-20-40/h1-28H,33-36H2. The van der Waals surface area contributed by atoms with Crippen molar-refractivity contribution < 1.29 is 57.3 Å². The highest BCUT2D eigenvalue weighted by atomic mass is 32.1. The van der Waals surface area contributed by atoms with Crippen molar-refractivity contribution in [2.24, 2.45) is 0 Å². The summed E-state index contributed by atoms with van der Waals surface area (Å²) < 4.78 is 26.1. The van der Waals surface area contributed by atoms with Crippen molar-refractivity contribution in [2.45, 2.75) is 37.3 Å². The van der Waals surface area contributed by atoms with Crippen LogP contribution in [0, 0.1) is 45.3 Å². The summed E-state index contributed by atoms with van der Waals surface area (Å²) in [5, 5.41) is 39.6. The molecule has 16 nitrogen and oxygen atoms in total. The Morgan fingerprint density at radius 2 is 0.640 bits per heavy atom. The van der Waals surface area contributed by atoms with Crippen LogP contribution in [0.25, 0.3) is 31.0 Å². The molecule has 6 aromatic carbocycles. The van der Waals surface area contributed by atoms with Crippen molar-refractivity contribution in [1.29, 1.82) is 21.0 Å². The molecule has 4 aliphatic rings. The summed E-state index contributed by atoms with van der Waals surface area (Å²) in [6.07, 6.45) is 5.26. The van der Waals surface area contributed by atoms with Gasteiger partial charge in [-0.3, -0.25) is 38.4 Å². The Balaban J connectivity index is 1.04. The number of nitriles is 4. The van der Waals surface area contributed by atoms with E-state index in [2.05, 4.69) is 0 Å². The molecule has 89 heavy (non-hydrogen) atoms. The third-order valence-electron chi connectivity index (χ3n) is 15.8. The number of allylic oxidation sites excluding steroid dienone is 4. The molecule has 0 atom stereocenters. The maximum Gasteiger partial charge on any atom is 0.333 e. The summed E-state index contributed by atoms with van der Waals surface area (Å²) in [6.45, 7) is -1.44. The normalized spacial score (nSPS) is 14.5. The third-order valence-corrected chi connectivity index (χ3v) is 19.7. The van der Waals surface area contributed by atoms with Crippen LogP contribution >= 0.6 is 34.0 Å².